The Hall–Kier alpha value is -2.21. The van der Waals surface area contributed by atoms with Crippen LogP contribution in [0.15, 0.2) is 30.5 Å². The Labute approximate surface area is 144 Å². The number of carbonyl (C=O) groups is 1. The molecular weight excluding hydrogens is 320 g/mol. The number of hydrogen-bond acceptors (Lipinski definition) is 4. The number of rotatable bonds is 2. The minimum absolute atomic E-state index is 0.149. The van der Waals surface area contributed by atoms with Gasteiger partial charge in [0, 0.05) is 42.5 Å². The standard InChI is InChI=1S/C18H20N4OS/c1-12-7-8-15(24-12)18(23)22-10-4-5-13(11-22)16-14-6-3-9-19-17(14)21(2)20-16/h3,6-9,13H,4-5,10-11H2,1-2H3/t13-/m0/s1. The molecule has 1 aliphatic rings. The Morgan fingerprint density at radius 1 is 1.33 bits per heavy atom. The number of piperidine rings is 1. The topological polar surface area (TPSA) is 51.0 Å². The monoisotopic (exact) mass is 340 g/mol. The summed E-state index contributed by atoms with van der Waals surface area (Å²) in [6.45, 7) is 3.60. The van der Waals surface area contributed by atoms with Crippen LogP contribution in [0.4, 0.5) is 0 Å². The molecule has 24 heavy (non-hydrogen) atoms. The van der Waals surface area contributed by atoms with Crippen molar-refractivity contribution in [2.45, 2.75) is 25.7 Å². The van der Waals surface area contributed by atoms with Crippen LogP contribution in [0.3, 0.4) is 0 Å². The highest BCUT2D eigenvalue weighted by Crippen LogP contribution is 2.31. The molecule has 0 saturated carbocycles. The summed E-state index contributed by atoms with van der Waals surface area (Å²) in [5.41, 5.74) is 1.98. The molecule has 0 bridgehead atoms. The van der Waals surface area contributed by atoms with Crippen molar-refractivity contribution in [2.24, 2.45) is 7.05 Å². The van der Waals surface area contributed by atoms with E-state index in [0.717, 1.165) is 47.5 Å². The van der Waals surface area contributed by atoms with E-state index in [4.69, 9.17) is 5.10 Å². The molecule has 1 atom stereocenters. The van der Waals surface area contributed by atoms with E-state index >= 15 is 0 Å². The van der Waals surface area contributed by atoms with Crippen LogP contribution in [0.2, 0.25) is 0 Å². The summed E-state index contributed by atoms with van der Waals surface area (Å²) in [7, 11) is 1.93. The molecule has 0 N–H and O–H groups in total. The van der Waals surface area contributed by atoms with Gasteiger partial charge in [0.15, 0.2) is 5.65 Å². The van der Waals surface area contributed by atoms with Gasteiger partial charge in [0.1, 0.15) is 0 Å². The maximum atomic E-state index is 12.8. The lowest BCUT2D eigenvalue weighted by atomic mass is 9.93. The fraction of sp³-hybridized carbons (Fsp3) is 0.389. The number of amides is 1. The smallest absolute Gasteiger partial charge is 0.263 e. The van der Waals surface area contributed by atoms with Crippen LogP contribution in [0.1, 0.15) is 39.0 Å². The Morgan fingerprint density at radius 2 is 2.21 bits per heavy atom. The molecule has 0 spiro atoms. The molecule has 1 saturated heterocycles. The largest absolute Gasteiger partial charge is 0.337 e. The van der Waals surface area contributed by atoms with Gasteiger partial charge in [-0.15, -0.1) is 11.3 Å². The zero-order valence-electron chi connectivity index (χ0n) is 13.9. The Balaban J connectivity index is 1.61. The molecule has 0 aliphatic carbocycles. The van der Waals surface area contributed by atoms with Crippen LogP contribution < -0.4 is 0 Å². The summed E-state index contributed by atoms with van der Waals surface area (Å²) in [6, 6.07) is 7.98. The van der Waals surface area contributed by atoms with E-state index in [1.54, 1.807) is 17.5 Å². The van der Waals surface area contributed by atoms with Crippen LogP contribution in [-0.4, -0.2) is 38.7 Å². The summed E-state index contributed by atoms with van der Waals surface area (Å²) in [5.74, 6) is 0.424. The second-order valence-electron chi connectivity index (χ2n) is 6.38. The SMILES string of the molecule is Cc1ccc(C(=O)N2CCC[C@H](c3nn(C)c4ncccc34)C2)s1. The van der Waals surface area contributed by atoms with Crippen molar-refractivity contribution in [3.63, 3.8) is 0 Å². The first-order chi connectivity index (χ1) is 11.6. The van der Waals surface area contributed by atoms with Crippen molar-refractivity contribution >= 4 is 28.3 Å². The molecule has 4 rings (SSSR count). The van der Waals surface area contributed by atoms with Gasteiger partial charge in [-0.05, 0) is 44.0 Å². The number of carbonyl (C=O) groups excluding carboxylic acids is 1. The first-order valence-electron chi connectivity index (χ1n) is 8.27. The lowest BCUT2D eigenvalue weighted by Crippen LogP contribution is -2.39. The van der Waals surface area contributed by atoms with E-state index in [-0.39, 0.29) is 11.8 Å². The van der Waals surface area contributed by atoms with E-state index in [2.05, 4.69) is 11.1 Å². The van der Waals surface area contributed by atoms with Crippen LogP contribution in [0.25, 0.3) is 11.0 Å². The highest BCUT2D eigenvalue weighted by Gasteiger charge is 2.29. The van der Waals surface area contributed by atoms with E-state index in [9.17, 15) is 4.79 Å². The van der Waals surface area contributed by atoms with E-state index in [1.165, 1.54) is 4.88 Å². The highest BCUT2D eigenvalue weighted by molar-refractivity contribution is 7.13. The highest BCUT2D eigenvalue weighted by atomic mass is 32.1. The number of fused-ring (bicyclic) bond motifs is 1. The van der Waals surface area contributed by atoms with Crippen LogP contribution >= 0.6 is 11.3 Å². The minimum atomic E-state index is 0.149. The number of thiophene rings is 1. The third-order valence-electron chi connectivity index (χ3n) is 4.67. The van der Waals surface area contributed by atoms with Crippen molar-refractivity contribution in [1.82, 2.24) is 19.7 Å². The first-order valence-corrected chi connectivity index (χ1v) is 9.08. The molecule has 1 fully saturated rings. The Morgan fingerprint density at radius 3 is 3.00 bits per heavy atom. The quantitative estimate of drug-likeness (QED) is 0.719. The summed E-state index contributed by atoms with van der Waals surface area (Å²) >= 11 is 1.57. The molecule has 0 unspecified atom stereocenters. The van der Waals surface area contributed by atoms with Crippen LogP contribution in [-0.2, 0) is 7.05 Å². The van der Waals surface area contributed by atoms with Gasteiger partial charge in [0.25, 0.3) is 5.91 Å². The number of likely N-dealkylation sites (tertiary alicyclic amines) is 1. The van der Waals surface area contributed by atoms with Crippen molar-refractivity contribution in [2.75, 3.05) is 13.1 Å². The van der Waals surface area contributed by atoms with Crippen LogP contribution in [0, 0.1) is 6.92 Å². The number of hydrogen-bond donors (Lipinski definition) is 0. The van der Waals surface area contributed by atoms with Crippen molar-refractivity contribution in [1.29, 1.82) is 0 Å². The average molecular weight is 340 g/mol. The predicted octanol–water partition coefficient (Wildman–Crippen LogP) is 3.36. The number of aryl methyl sites for hydroxylation is 2. The third-order valence-corrected chi connectivity index (χ3v) is 5.66. The third kappa shape index (κ3) is 2.60. The van der Waals surface area contributed by atoms with Crippen molar-refractivity contribution in [3.05, 3.63) is 45.9 Å². The fourth-order valence-corrected chi connectivity index (χ4v) is 4.34. The summed E-state index contributed by atoms with van der Waals surface area (Å²) in [5, 5.41) is 5.81. The second kappa shape index (κ2) is 6.02. The number of aromatic nitrogens is 3. The van der Waals surface area contributed by atoms with Gasteiger partial charge in [-0.25, -0.2) is 4.98 Å². The molecule has 6 heteroatoms. The maximum absolute atomic E-state index is 12.8. The van der Waals surface area contributed by atoms with Gasteiger partial charge >= 0.3 is 0 Å². The molecule has 5 nitrogen and oxygen atoms in total. The fourth-order valence-electron chi connectivity index (χ4n) is 3.51. The zero-order chi connectivity index (χ0) is 16.7. The van der Waals surface area contributed by atoms with Crippen LogP contribution in [0.5, 0.6) is 0 Å². The molecule has 3 aromatic heterocycles. The molecule has 1 aliphatic heterocycles. The van der Waals surface area contributed by atoms with E-state index < -0.39 is 0 Å². The maximum Gasteiger partial charge on any atom is 0.263 e. The molecule has 4 heterocycles. The molecular formula is C18H20N4OS. The van der Waals surface area contributed by atoms with Crippen molar-refractivity contribution in [3.8, 4) is 0 Å². The van der Waals surface area contributed by atoms with Crippen molar-refractivity contribution < 1.29 is 4.79 Å². The van der Waals surface area contributed by atoms with E-state index in [0.29, 0.717) is 0 Å². The van der Waals surface area contributed by atoms with Gasteiger partial charge in [-0.3, -0.25) is 9.48 Å². The number of pyridine rings is 1. The predicted molar refractivity (Wildman–Crippen MR) is 95.4 cm³/mol. The summed E-state index contributed by atoms with van der Waals surface area (Å²) in [4.78, 5) is 21.2. The molecule has 0 radical (unpaired) electrons. The van der Waals surface area contributed by atoms with Gasteiger partial charge < -0.3 is 4.90 Å². The van der Waals surface area contributed by atoms with E-state index in [1.807, 2.05) is 41.8 Å². The molecule has 1 amide bonds. The van der Waals surface area contributed by atoms with Gasteiger partial charge in [-0.1, -0.05) is 0 Å². The lowest BCUT2D eigenvalue weighted by molar-refractivity contribution is 0.0711. The van der Waals surface area contributed by atoms with Gasteiger partial charge in [0.05, 0.1) is 10.6 Å². The Bertz CT molecular complexity index is 897. The summed E-state index contributed by atoms with van der Waals surface area (Å²) in [6.07, 6.45) is 3.87. The minimum Gasteiger partial charge on any atom is -0.337 e. The zero-order valence-corrected chi connectivity index (χ0v) is 14.7. The van der Waals surface area contributed by atoms with Gasteiger partial charge in [-0.2, -0.15) is 5.10 Å². The normalized spacial score (nSPS) is 18.2. The number of nitrogens with zero attached hydrogens (tertiary/aromatic N) is 4. The second-order valence-corrected chi connectivity index (χ2v) is 7.67. The molecule has 0 aromatic carbocycles. The Kier molecular flexibility index (Phi) is 3.84. The summed E-state index contributed by atoms with van der Waals surface area (Å²) < 4.78 is 1.84. The lowest BCUT2D eigenvalue weighted by Gasteiger charge is -2.31. The first kappa shape index (κ1) is 15.3. The molecule has 3 aromatic rings. The molecule has 124 valence electrons. The average Bonchev–Trinajstić information content (AvgIpc) is 3.19. The van der Waals surface area contributed by atoms with Gasteiger partial charge in [0.2, 0.25) is 0 Å².